The number of carbonyl (C=O) groups is 1. The van der Waals surface area contributed by atoms with Crippen LogP contribution in [-0.4, -0.2) is 39.3 Å². The van der Waals surface area contributed by atoms with Gasteiger partial charge in [-0.1, -0.05) is 30.3 Å². The van der Waals surface area contributed by atoms with Crippen LogP contribution < -0.4 is 15.0 Å². The SMILES string of the molecule is COCCOc1ccc(CNCC(=O)N2CCCc3ccccc32)cc1. The molecule has 5 heteroatoms. The maximum atomic E-state index is 12.6. The molecular formula is C21H26N2O3. The standard InChI is InChI=1S/C21H26N2O3/c1-25-13-14-26-19-10-8-17(9-11-19)15-22-16-21(24)23-12-4-6-18-5-2-3-7-20(18)23/h2-3,5,7-11,22H,4,6,12-16H2,1H3. The Morgan fingerprint density at radius 2 is 1.92 bits per heavy atom. The summed E-state index contributed by atoms with van der Waals surface area (Å²) in [6.45, 7) is 2.90. The van der Waals surface area contributed by atoms with E-state index in [2.05, 4.69) is 11.4 Å². The molecule has 0 spiro atoms. The fourth-order valence-electron chi connectivity index (χ4n) is 3.15. The van der Waals surface area contributed by atoms with E-state index in [0.29, 0.717) is 26.3 Å². The first-order chi connectivity index (χ1) is 12.8. The molecule has 3 rings (SSSR count). The Morgan fingerprint density at radius 3 is 2.73 bits per heavy atom. The number of benzene rings is 2. The van der Waals surface area contributed by atoms with Crippen molar-refractivity contribution in [1.82, 2.24) is 5.32 Å². The summed E-state index contributed by atoms with van der Waals surface area (Å²) in [5.74, 6) is 0.948. The van der Waals surface area contributed by atoms with Crippen molar-refractivity contribution in [2.75, 3.05) is 38.3 Å². The number of ether oxygens (including phenoxy) is 2. The van der Waals surface area contributed by atoms with E-state index in [4.69, 9.17) is 9.47 Å². The molecule has 138 valence electrons. The highest BCUT2D eigenvalue weighted by Gasteiger charge is 2.21. The normalized spacial score (nSPS) is 13.3. The van der Waals surface area contributed by atoms with Gasteiger partial charge in [0, 0.05) is 25.9 Å². The summed E-state index contributed by atoms with van der Waals surface area (Å²) < 4.78 is 10.5. The van der Waals surface area contributed by atoms with Gasteiger partial charge in [-0.2, -0.15) is 0 Å². The van der Waals surface area contributed by atoms with E-state index in [-0.39, 0.29) is 5.91 Å². The summed E-state index contributed by atoms with van der Waals surface area (Å²) in [5, 5.41) is 3.25. The number of anilines is 1. The van der Waals surface area contributed by atoms with Crippen LogP contribution in [0.1, 0.15) is 17.5 Å². The molecule has 26 heavy (non-hydrogen) atoms. The zero-order chi connectivity index (χ0) is 18.2. The highest BCUT2D eigenvalue weighted by atomic mass is 16.5. The molecule has 1 heterocycles. The Hall–Kier alpha value is -2.37. The van der Waals surface area contributed by atoms with Crippen molar-refractivity contribution in [3.8, 4) is 5.75 Å². The van der Waals surface area contributed by atoms with Gasteiger partial charge in [0.15, 0.2) is 0 Å². The van der Waals surface area contributed by atoms with Gasteiger partial charge in [-0.05, 0) is 42.2 Å². The second-order valence-corrected chi connectivity index (χ2v) is 6.37. The molecule has 1 amide bonds. The molecule has 1 N–H and O–H groups in total. The third kappa shape index (κ3) is 4.84. The molecule has 1 aliphatic heterocycles. The average molecular weight is 354 g/mol. The molecule has 0 bridgehead atoms. The van der Waals surface area contributed by atoms with Gasteiger partial charge in [0.2, 0.25) is 5.91 Å². The van der Waals surface area contributed by atoms with Crippen molar-refractivity contribution >= 4 is 11.6 Å². The molecule has 0 aliphatic carbocycles. The topological polar surface area (TPSA) is 50.8 Å². The van der Waals surface area contributed by atoms with Crippen LogP contribution in [0.5, 0.6) is 5.75 Å². The van der Waals surface area contributed by atoms with Gasteiger partial charge in [-0.25, -0.2) is 0 Å². The molecule has 2 aromatic carbocycles. The second kappa shape index (κ2) is 9.36. The molecule has 2 aromatic rings. The number of aryl methyl sites for hydroxylation is 1. The van der Waals surface area contributed by atoms with Crippen molar-refractivity contribution in [2.45, 2.75) is 19.4 Å². The zero-order valence-corrected chi connectivity index (χ0v) is 15.2. The van der Waals surface area contributed by atoms with E-state index in [1.54, 1.807) is 7.11 Å². The van der Waals surface area contributed by atoms with E-state index in [1.807, 2.05) is 47.4 Å². The molecular weight excluding hydrogens is 328 g/mol. The molecule has 1 aliphatic rings. The second-order valence-electron chi connectivity index (χ2n) is 6.37. The largest absolute Gasteiger partial charge is 0.491 e. The van der Waals surface area contributed by atoms with Crippen LogP contribution in [0.3, 0.4) is 0 Å². The zero-order valence-electron chi connectivity index (χ0n) is 15.2. The first kappa shape index (κ1) is 18.4. The molecule has 0 saturated carbocycles. The number of nitrogens with zero attached hydrogens (tertiary/aromatic N) is 1. The lowest BCUT2D eigenvalue weighted by molar-refractivity contribution is -0.117. The van der Waals surface area contributed by atoms with Crippen molar-refractivity contribution in [3.63, 3.8) is 0 Å². The first-order valence-electron chi connectivity index (χ1n) is 9.07. The predicted octanol–water partition coefficient (Wildman–Crippen LogP) is 2.78. The number of hydrogen-bond donors (Lipinski definition) is 1. The Morgan fingerprint density at radius 1 is 1.12 bits per heavy atom. The fraction of sp³-hybridized carbons (Fsp3) is 0.381. The molecule has 0 aromatic heterocycles. The molecule has 0 fully saturated rings. The smallest absolute Gasteiger partial charge is 0.240 e. The van der Waals surface area contributed by atoms with Crippen LogP contribution >= 0.6 is 0 Å². The molecule has 0 radical (unpaired) electrons. The van der Waals surface area contributed by atoms with Crippen molar-refractivity contribution in [3.05, 3.63) is 59.7 Å². The van der Waals surface area contributed by atoms with Crippen LogP contribution in [0.4, 0.5) is 5.69 Å². The number of hydrogen-bond acceptors (Lipinski definition) is 4. The molecule has 0 atom stereocenters. The van der Waals surface area contributed by atoms with E-state index in [0.717, 1.165) is 36.4 Å². The van der Waals surface area contributed by atoms with Gasteiger partial charge in [-0.15, -0.1) is 0 Å². The Bertz CT molecular complexity index is 715. The van der Waals surface area contributed by atoms with Gasteiger partial charge in [0.1, 0.15) is 12.4 Å². The Labute approximate surface area is 154 Å². The molecule has 5 nitrogen and oxygen atoms in total. The minimum Gasteiger partial charge on any atom is -0.491 e. The molecule has 0 unspecified atom stereocenters. The fourth-order valence-corrected chi connectivity index (χ4v) is 3.15. The minimum atomic E-state index is 0.122. The summed E-state index contributed by atoms with van der Waals surface area (Å²) in [7, 11) is 1.65. The lowest BCUT2D eigenvalue weighted by atomic mass is 10.0. The van der Waals surface area contributed by atoms with Gasteiger partial charge in [0.25, 0.3) is 0 Å². The maximum Gasteiger partial charge on any atom is 0.240 e. The van der Waals surface area contributed by atoms with Gasteiger partial charge in [0.05, 0.1) is 13.2 Å². The van der Waals surface area contributed by atoms with E-state index >= 15 is 0 Å². The lowest BCUT2D eigenvalue weighted by Gasteiger charge is -2.29. The first-order valence-corrected chi connectivity index (χ1v) is 9.07. The number of rotatable bonds is 8. The van der Waals surface area contributed by atoms with Crippen LogP contribution in [0.2, 0.25) is 0 Å². The third-order valence-electron chi connectivity index (χ3n) is 4.50. The number of nitrogens with one attached hydrogen (secondary N) is 1. The number of amides is 1. The average Bonchev–Trinajstić information content (AvgIpc) is 2.69. The van der Waals surface area contributed by atoms with Crippen LogP contribution in [0.25, 0.3) is 0 Å². The third-order valence-corrected chi connectivity index (χ3v) is 4.50. The number of carbonyl (C=O) groups excluding carboxylic acids is 1. The van der Waals surface area contributed by atoms with Crippen LogP contribution in [0, 0.1) is 0 Å². The number of fused-ring (bicyclic) bond motifs is 1. The van der Waals surface area contributed by atoms with E-state index < -0.39 is 0 Å². The highest BCUT2D eigenvalue weighted by Crippen LogP contribution is 2.26. The summed E-state index contributed by atoms with van der Waals surface area (Å²) >= 11 is 0. The summed E-state index contributed by atoms with van der Waals surface area (Å²) in [4.78, 5) is 14.5. The van der Waals surface area contributed by atoms with Gasteiger partial charge < -0.3 is 19.7 Å². The predicted molar refractivity (Wildman–Crippen MR) is 103 cm³/mol. The van der Waals surface area contributed by atoms with Crippen molar-refractivity contribution < 1.29 is 14.3 Å². The Kier molecular flexibility index (Phi) is 6.63. The summed E-state index contributed by atoms with van der Waals surface area (Å²) in [6.07, 6.45) is 2.07. The van der Waals surface area contributed by atoms with Crippen LogP contribution in [0.15, 0.2) is 48.5 Å². The highest BCUT2D eigenvalue weighted by molar-refractivity contribution is 5.95. The maximum absolute atomic E-state index is 12.6. The quantitative estimate of drug-likeness (QED) is 0.741. The van der Waals surface area contributed by atoms with Crippen molar-refractivity contribution in [2.24, 2.45) is 0 Å². The van der Waals surface area contributed by atoms with Crippen LogP contribution in [-0.2, 0) is 22.5 Å². The van der Waals surface area contributed by atoms with Crippen molar-refractivity contribution in [1.29, 1.82) is 0 Å². The summed E-state index contributed by atoms with van der Waals surface area (Å²) in [6, 6.07) is 16.1. The monoisotopic (exact) mass is 354 g/mol. The number of methoxy groups -OCH3 is 1. The molecule has 0 saturated heterocycles. The number of para-hydroxylation sites is 1. The van der Waals surface area contributed by atoms with E-state index in [1.165, 1.54) is 5.56 Å². The lowest BCUT2D eigenvalue weighted by Crippen LogP contribution is -2.41. The minimum absolute atomic E-state index is 0.122. The summed E-state index contributed by atoms with van der Waals surface area (Å²) in [5.41, 5.74) is 3.44. The van der Waals surface area contributed by atoms with Gasteiger partial charge in [-0.3, -0.25) is 4.79 Å². The van der Waals surface area contributed by atoms with E-state index in [9.17, 15) is 4.79 Å². The van der Waals surface area contributed by atoms with Gasteiger partial charge >= 0.3 is 0 Å². The Balaban J connectivity index is 1.47.